The minimum Gasteiger partial charge on any atom is -0.509 e. The van der Waals surface area contributed by atoms with E-state index in [1.807, 2.05) is 12.2 Å². The van der Waals surface area contributed by atoms with Crippen LogP contribution in [0, 0.1) is 4.91 Å². The van der Waals surface area contributed by atoms with Gasteiger partial charge in [0.05, 0.1) is 17.9 Å². The Balaban J connectivity index is 1.80. The lowest BCUT2D eigenvalue weighted by atomic mass is 10.0. The van der Waals surface area contributed by atoms with E-state index in [4.69, 9.17) is 22.4 Å². The number of nitrogens with two attached hydrogens (primary N) is 3. The van der Waals surface area contributed by atoms with Gasteiger partial charge in [-0.25, -0.2) is 5.84 Å². The second-order valence-electron chi connectivity index (χ2n) is 6.77. The van der Waals surface area contributed by atoms with Crippen molar-refractivity contribution in [3.63, 3.8) is 0 Å². The normalized spacial score (nSPS) is 29.6. The van der Waals surface area contributed by atoms with Gasteiger partial charge in [0.2, 0.25) is 0 Å². The third-order valence-corrected chi connectivity index (χ3v) is 4.95. The molecule has 0 fully saturated rings. The first-order valence-corrected chi connectivity index (χ1v) is 9.10. The van der Waals surface area contributed by atoms with Gasteiger partial charge in [0, 0.05) is 11.7 Å². The first-order valence-electron chi connectivity index (χ1n) is 9.10. The van der Waals surface area contributed by atoms with Crippen molar-refractivity contribution < 1.29 is 9.94 Å². The van der Waals surface area contributed by atoms with Gasteiger partial charge in [-0.2, -0.15) is 5.90 Å². The zero-order valence-corrected chi connectivity index (χ0v) is 15.7. The van der Waals surface area contributed by atoms with E-state index >= 15 is 0 Å². The fraction of sp³-hybridized carbons (Fsp3) is 0.412. The van der Waals surface area contributed by atoms with Gasteiger partial charge >= 0.3 is 0 Å². The number of allylic oxidation sites excluding steroid dienone is 5. The number of hydrogen-bond acceptors (Lipinski definition) is 11. The number of aliphatic hydroxyl groups excluding tert-OH is 1. The molecule has 12 heteroatoms. The van der Waals surface area contributed by atoms with Crippen molar-refractivity contribution in [1.82, 2.24) is 15.6 Å². The summed E-state index contributed by atoms with van der Waals surface area (Å²) in [6.07, 6.45) is 11.1. The highest BCUT2D eigenvalue weighted by molar-refractivity contribution is 5.26. The lowest BCUT2D eigenvalue weighted by Crippen LogP contribution is -2.64. The van der Waals surface area contributed by atoms with Crippen molar-refractivity contribution in [3.8, 4) is 0 Å². The molecule has 0 radical (unpaired) electrons. The van der Waals surface area contributed by atoms with Crippen molar-refractivity contribution in [1.29, 1.82) is 0 Å². The molecule has 156 valence electrons. The van der Waals surface area contributed by atoms with E-state index in [0.29, 0.717) is 30.7 Å². The second kappa shape index (κ2) is 9.43. The predicted octanol–water partition coefficient (Wildman–Crippen LogP) is 0.574. The van der Waals surface area contributed by atoms with E-state index in [-0.39, 0.29) is 11.8 Å². The van der Waals surface area contributed by atoms with Gasteiger partial charge in [-0.1, -0.05) is 11.3 Å². The van der Waals surface area contributed by atoms with Crippen LogP contribution in [-0.4, -0.2) is 34.5 Å². The van der Waals surface area contributed by atoms with Crippen molar-refractivity contribution in [3.05, 3.63) is 64.3 Å². The molecule has 1 aliphatic heterocycles. The van der Waals surface area contributed by atoms with Crippen molar-refractivity contribution in [2.45, 2.75) is 43.7 Å². The van der Waals surface area contributed by atoms with Crippen molar-refractivity contribution >= 4 is 0 Å². The van der Waals surface area contributed by atoms with Gasteiger partial charge in [0.1, 0.15) is 11.5 Å². The molecule has 3 aliphatic rings. The molecule has 4 unspecified atom stereocenters. The molecule has 0 aromatic rings. The number of hydrazine groups is 1. The lowest BCUT2D eigenvalue weighted by Gasteiger charge is -2.41. The fourth-order valence-electron chi connectivity index (χ4n) is 3.40. The standard InChI is InChI=1S/C17H25N9O3/c18-25-23-17-15(27)9-14(26(19)12-5-1-11(24-28)2-6-12)16(22-17)21-10-3-7-13(29-20)8-4-10/h1,3,5,7-10,14,16-17,21-22,27H,2,4,6,19-20H2,(H2,18,23). The Hall–Kier alpha value is -3.06. The van der Waals surface area contributed by atoms with Crippen molar-refractivity contribution in [2.75, 3.05) is 0 Å². The van der Waals surface area contributed by atoms with E-state index in [1.54, 1.807) is 29.3 Å². The summed E-state index contributed by atoms with van der Waals surface area (Å²) in [5.74, 6) is 17.2. The van der Waals surface area contributed by atoms with E-state index in [2.05, 4.69) is 26.1 Å². The highest BCUT2D eigenvalue weighted by Gasteiger charge is 2.35. The largest absolute Gasteiger partial charge is 0.509 e. The highest BCUT2D eigenvalue weighted by atomic mass is 16.6. The van der Waals surface area contributed by atoms with Gasteiger partial charge in [0.25, 0.3) is 0 Å². The van der Waals surface area contributed by atoms with Crippen LogP contribution >= 0.6 is 0 Å². The summed E-state index contributed by atoms with van der Waals surface area (Å²) < 4.78 is 0. The van der Waals surface area contributed by atoms with E-state index in [9.17, 15) is 10.0 Å². The van der Waals surface area contributed by atoms with Crippen molar-refractivity contribution in [2.24, 2.45) is 33.1 Å². The molecule has 0 saturated carbocycles. The maximum absolute atomic E-state index is 10.7. The Labute approximate surface area is 167 Å². The smallest absolute Gasteiger partial charge is 0.181 e. The Bertz CT molecular complexity index is 802. The molecule has 9 N–H and O–H groups in total. The molecule has 29 heavy (non-hydrogen) atoms. The van der Waals surface area contributed by atoms with E-state index in [1.165, 1.54) is 0 Å². The molecule has 12 nitrogen and oxygen atoms in total. The van der Waals surface area contributed by atoms with Gasteiger partial charge < -0.3 is 20.8 Å². The average molecular weight is 403 g/mol. The van der Waals surface area contributed by atoms with Gasteiger partial charge in [-0.3, -0.25) is 10.6 Å². The number of aliphatic hydroxyl groups is 1. The number of rotatable bonds is 7. The summed E-state index contributed by atoms with van der Waals surface area (Å²) in [4.78, 5) is 15.4. The molecular formula is C17H25N9O3. The minimum atomic E-state index is -0.792. The zero-order chi connectivity index (χ0) is 20.8. The van der Waals surface area contributed by atoms with Crippen LogP contribution in [0.2, 0.25) is 0 Å². The van der Waals surface area contributed by atoms with Crippen LogP contribution in [0.1, 0.15) is 19.3 Å². The molecule has 0 aromatic carbocycles. The average Bonchev–Trinajstić information content (AvgIpc) is 2.76. The molecule has 0 spiro atoms. The summed E-state index contributed by atoms with van der Waals surface area (Å²) >= 11 is 0. The fourth-order valence-corrected chi connectivity index (χ4v) is 3.40. The second-order valence-corrected chi connectivity index (χ2v) is 6.77. The maximum atomic E-state index is 10.7. The predicted molar refractivity (Wildman–Crippen MR) is 106 cm³/mol. The Morgan fingerprint density at radius 2 is 2.17 bits per heavy atom. The Kier molecular flexibility index (Phi) is 6.72. The molecule has 0 aromatic heterocycles. The van der Waals surface area contributed by atoms with Crippen LogP contribution in [0.5, 0.6) is 0 Å². The quantitative estimate of drug-likeness (QED) is 0.153. The third kappa shape index (κ3) is 4.86. The Morgan fingerprint density at radius 1 is 1.34 bits per heavy atom. The minimum absolute atomic E-state index is 0.0301. The van der Waals surface area contributed by atoms with Gasteiger partial charge in [-0.05, 0) is 54.8 Å². The first kappa shape index (κ1) is 20.7. The van der Waals surface area contributed by atoms with E-state index in [0.717, 1.165) is 5.70 Å². The summed E-state index contributed by atoms with van der Waals surface area (Å²) in [6, 6.07) is -0.480. The number of nitrogens with zero attached hydrogens (tertiary/aromatic N) is 4. The Morgan fingerprint density at radius 3 is 2.76 bits per heavy atom. The number of nitroso groups, excluding NO2 is 1. The molecule has 0 saturated heterocycles. The number of nitrogens with one attached hydrogen (secondary N) is 2. The molecule has 2 aliphatic carbocycles. The van der Waals surface area contributed by atoms with Crippen LogP contribution in [0.15, 0.2) is 74.9 Å². The summed E-state index contributed by atoms with van der Waals surface area (Å²) in [7, 11) is 0. The number of hydrogen-bond donors (Lipinski definition) is 6. The summed E-state index contributed by atoms with van der Waals surface area (Å²) in [5.41, 5.74) is 1.27. The third-order valence-electron chi connectivity index (χ3n) is 4.95. The maximum Gasteiger partial charge on any atom is 0.181 e. The summed E-state index contributed by atoms with van der Waals surface area (Å²) in [6.45, 7) is 0. The molecule has 0 amide bonds. The molecule has 4 atom stereocenters. The monoisotopic (exact) mass is 403 g/mol. The van der Waals surface area contributed by atoms with Crippen LogP contribution < -0.4 is 28.2 Å². The molecule has 1 heterocycles. The SMILES string of the molecule is NN=NC1NC(NC2C=CC(ON)=CC2)C(N(N)C2=CC=C(N=O)CC2)C=C1O. The van der Waals surface area contributed by atoms with Crippen LogP contribution in [0.25, 0.3) is 0 Å². The first-order chi connectivity index (χ1) is 14.0. The zero-order valence-electron chi connectivity index (χ0n) is 15.7. The molecule has 3 rings (SSSR count). The topological polar surface area (TPSA) is 189 Å². The van der Waals surface area contributed by atoms with E-state index < -0.39 is 18.4 Å². The molecular weight excluding hydrogens is 378 g/mol. The van der Waals surface area contributed by atoms with Crippen LogP contribution in [-0.2, 0) is 4.84 Å². The van der Waals surface area contributed by atoms with Crippen LogP contribution in [0.3, 0.4) is 0 Å². The van der Waals surface area contributed by atoms with Gasteiger partial charge in [-0.15, -0.1) is 10.0 Å². The van der Waals surface area contributed by atoms with Gasteiger partial charge in [0.15, 0.2) is 6.17 Å². The molecule has 0 bridgehead atoms. The lowest BCUT2D eigenvalue weighted by molar-refractivity contribution is 0.163. The highest BCUT2D eigenvalue weighted by Crippen LogP contribution is 2.25. The van der Waals surface area contributed by atoms with Crippen LogP contribution in [0.4, 0.5) is 0 Å². The summed E-state index contributed by atoms with van der Waals surface area (Å²) in [5, 5.41) is 28.5.